The molecule has 1 aromatic rings. The van der Waals surface area contributed by atoms with Crippen molar-refractivity contribution in [3.63, 3.8) is 0 Å². The maximum absolute atomic E-state index is 3.63. The van der Waals surface area contributed by atoms with Crippen LogP contribution in [0, 0.1) is 0 Å². The summed E-state index contributed by atoms with van der Waals surface area (Å²) in [6.07, 6.45) is 1.83. The fourth-order valence-corrected chi connectivity index (χ4v) is 0.589. The molecule has 0 saturated heterocycles. The second-order valence-corrected chi connectivity index (χ2v) is 1.61. The van der Waals surface area contributed by atoms with E-state index in [2.05, 4.69) is 6.58 Å². The molecule has 0 spiro atoms. The van der Waals surface area contributed by atoms with E-state index >= 15 is 0 Å². The molecule has 0 heterocycles. The van der Waals surface area contributed by atoms with Crippen LogP contribution in [0.5, 0.6) is 0 Å². The van der Waals surface area contributed by atoms with Gasteiger partial charge in [-0.25, -0.2) is 0 Å². The Labute approximate surface area is 73.8 Å². The van der Waals surface area contributed by atoms with E-state index in [1.165, 1.54) is 5.56 Å². The van der Waals surface area contributed by atoms with Gasteiger partial charge in [-0.15, -0.1) is 24.8 Å². The van der Waals surface area contributed by atoms with Crippen LogP contribution < -0.4 is 0 Å². The second-order valence-electron chi connectivity index (χ2n) is 1.61. The van der Waals surface area contributed by atoms with Gasteiger partial charge in [0.05, 0.1) is 0 Å². The zero-order chi connectivity index (χ0) is 5.82. The van der Waals surface area contributed by atoms with Crippen LogP contribution in [0.2, 0.25) is 0 Å². The van der Waals surface area contributed by atoms with Gasteiger partial charge < -0.3 is 0 Å². The quantitative estimate of drug-likeness (QED) is 0.617. The Bertz CT molecular complexity index is 170. The summed E-state index contributed by atoms with van der Waals surface area (Å²) in [6.45, 7) is 3.63. The first-order chi connectivity index (χ1) is 3.93. The summed E-state index contributed by atoms with van der Waals surface area (Å²) >= 11 is 0. The summed E-state index contributed by atoms with van der Waals surface area (Å²) in [5, 5.41) is 0. The first kappa shape index (κ1) is 12.2. The summed E-state index contributed by atoms with van der Waals surface area (Å²) in [5.41, 5.74) is 1.17. The van der Waals surface area contributed by atoms with E-state index in [0.717, 1.165) is 0 Å². The molecule has 10 heavy (non-hydrogen) atoms. The molecule has 0 nitrogen and oxygen atoms in total. The molecule has 0 aliphatic heterocycles. The Morgan fingerprint density at radius 2 is 1.50 bits per heavy atom. The van der Waals surface area contributed by atoms with E-state index in [9.17, 15) is 0 Å². The van der Waals surface area contributed by atoms with Gasteiger partial charge in [-0.3, -0.25) is 0 Å². The molecule has 56 valence electrons. The number of rotatable bonds is 1. The van der Waals surface area contributed by atoms with Gasteiger partial charge >= 0.3 is 0 Å². The van der Waals surface area contributed by atoms with E-state index in [4.69, 9.17) is 0 Å². The van der Waals surface area contributed by atoms with Crippen LogP contribution in [0.3, 0.4) is 0 Å². The summed E-state index contributed by atoms with van der Waals surface area (Å²) in [5.74, 6) is 0. The molecular formula is C8H10Cl2. The third-order valence-corrected chi connectivity index (χ3v) is 1.04. The molecule has 0 amide bonds. The first-order valence-electron chi connectivity index (χ1n) is 2.61. The standard InChI is InChI=1S/C8H8.2ClH/c1-2-8-6-4-3-5-7-8;;/h2-7H,1H2;2*1H. The smallest absolute Gasteiger partial charge is 0.0263 e. The minimum absolute atomic E-state index is 0. The number of halogens is 2. The van der Waals surface area contributed by atoms with Crippen LogP contribution in [-0.4, -0.2) is 0 Å². The molecule has 1 aromatic carbocycles. The molecule has 0 N–H and O–H groups in total. The molecule has 0 saturated carbocycles. The molecule has 0 aliphatic carbocycles. The Morgan fingerprint density at radius 3 is 1.80 bits per heavy atom. The van der Waals surface area contributed by atoms with Crippen molar-refractivity contribution in [3.8, 4) is 0 Å². The predicted molar refractivity (Wildman–Crippen MR) is 51.0 cm³/mol. The third kappa shape index (κ3) is 3.54. The first-order valence-corrected chi connectivity index (χ1v) is 2.61. The molecule has 0 aliphatic rings. The Morgan fingerprint density at radius 1 is 1.00 bits per heavy atom. The fourth-order valence-electron chi connectivity index (χ4n) is 0.589. The Balaban J connectivity index is 0. The van der Waals surface area contributed by atoms with Gasteiger partial charge in [-0.1, -0.05) is 43.0 Å². The van der Waals surface area contributed by atoms with Gasteiger partial charge in [0.25, 0.3) is 0 Å². The fraction of sp³-hybridized carbons (Fsp3) is 0. The Kier molecular flexibility index (Phi) is 8.15. The molecule has 0 radical (unpaired) electrons. The van der Waals surface area contributed by atoms with E-state index in [0.29, 0.717) is 0 Å². The lowest BCUT2D eigenvalue weighted by Crippen LogP contribution is -1.63. The van der Waals surface area contributed by atoms with Crippen molar-refractivity contribution in [2.24, 2.45) is 0 Å². The largest absolute Gasteiger partial charge is 0.147 e. The Hall–Kier alpha value is -0.460. The van der Waals surface area contributed by atoms with Crippen molar-refractivity contribution in [2.75, 3.05) is 0 Å². The number of hydrogen-bond donors (Lipinski definition) is 0. The van der Waals surface area contributed by atoms with Gasteiger partial charge in [0.15, 0.2) is 0 Å². The molecule has 2 heteroatoms. The van der Waals surface area contributed by atoms with Crippen molar-refractivity contribution in [1.29, 1.82) is 0 Å². The van der Waals surface area contributed by atoms with Gasteiger partial charge in [0, 0.05) is 0 Å². The number of benzene rings is 1. The minimum Gasteiger partial charge on any atom is -0.147 e. The van der Waals surface area contributed by atoms with Crippen LogP contribution in [0.25, 0.3) is 6.08 Å². The van der Waals surface area contributed by atoms with E-state index in [-0.39, 0.29) is 24.8 Å². The molecular weight excluding hydrogens is 167 g/mol. The highest BCUT2D eigenvalue weighted by molar-refractivity contribution is 5.85. The summed E-state index contributed by atoms with van der Waals surface area (Å²) in [6, 6.07) is 10.0. The average molecular weight is 177 g/mol. The lowest BCUT2D eigenvalue weighted by Gasteiger charge is -1.85. The highest BCUT2D eigenvalue weighted by Crippen LogP contribution is 1.97. The third-order valence-electron chi connectivity index (χ3n) is 1.04. The molecule has 0 unspecified atom stereocenters. The van der Waals surface area contributed by atoms with E-state index in [1.807, 2.05) is 36.4 Å². The molecule has 0 atom stereocenters. The summed E-state index contributed by atoms with van der Waals surface area (Å²) in [7, 11) is 0. The molecule has 0 bridgehead atoms. The summed E-state index contributed by atoms with van der Waals surface area (Å²) in [4.78, 5) is 0. The summed E-state index contributed by atoms with van der Waals surface area (Å²) < 4.78 is 0. The van der Waals surface area contributed by atoms with Gasteiger partial charge in [-0.05, 0) is 5.56 Å². The zero-order valence-corrected chi connectivity index (χ0v) is 7.12. The van der Waals surface area contributed by atoms with Crippen molar-refractivity contribution in [3.05, 3.63) is 42.5 Å². The molecule has 1 rings (SSSR count). The normalized spacial score (nSPS) is 6.80. The van der Waals surface area contributed by atoms with Gasteiger partial charge in [-0.2, -0.15) is 0 Å². The lowest BCUT2D eigenvalue weighted by atomic mass is 10.2. The van der Waals surface area contributed by atoms with Crippen LogP contribution in [0.1, 0.15) is 5.56 Å². The van der Waals surface area contributed by atoms with Gasteiger partial charge in [0.2, 0.25) is 0 Å². The highest BCUT2D eigenvalue weighted by atomic mass is 35.5. The maximum atomic E-state index is 3.63. The van der Waals surface area contributed by atoms with E-state index < -0.39 is 0 Å². The van der Waals surface area contributed by atoms with Crippen molar-refractivity contribution < 1.29 is 0 Å². The zero-order valence-electron chi connectivity index (χ0n) is 5.49. The SMILES string of the molecule is C=Cc1ccccc1.Cl.Cl. The highest BCUT2D eigenvalue weighted by Gasteiger charge is 1.75. The second kappa shape index (κ2) is 6.66. The van der Waals surface area contributed by atoms with Crippen molar-refractivity contribution in [1.82, 2.24) is 0 Å². The minimum atomic E-state index is 0. The monoisotopic (exact) mass is 176 g/mol. The maximum Gasteiger partial charge on any atom is -0.0263 e. The van der Waals surface area contributed by atoms with Crippen molar-refractivity contribution in [2.45, 2.75) is 0 Å². The topological polar surface area (TPSA) is 0 Å². The van der Waals surface area contributed by atoms with Crippen LogP contribution >= 0.6 is 24.8 Å². The predicted octanol–water partition coefficient (Wildman–Crippen LogP) is 3.17. The van der Waals surface area contributed by atoms with Crippen molar-refractivity contribution >= 4 is 30.9 Å². The van der Waals surface area contributed by atoms with Crippen LogP contribution in [0.4, 0.5) is 0 Å². The lowest BCUT2D eigenvalue weighted by molar-refractivity contribution is 1.67. The van der Waals surface area contributed by atoms with Crippen LogP contribution in [-0.2, 0) is 0 Å². The van der Waals surface area contributed by atoms with E-state index in [1.54, 1.807) is 0 Å². The molecule has 0 fully saturated rings. The van der Waals surface area contributed by atoms with Crippen LogP contribution in [0.15, 0.2) is 36.9 Å². The van der Waals surface area contributed by atoms with Gasteiger partial charge in [0.1, 0.15) is 0 Å². The molecule has 0 aromatic heterocycles. The average Bonchev–Trinajstić information content (AvgIpc) is 1.90. The number of hydrogen-bond acceptors (Lipinski definition) is 0.